The SMILES string of the molecule is C[C@]12CC[C@H]3[C@@H](CCC4C[C@@H](O)CC[C@@]43C)[C@@H]1CC[C@@H]2[C@](O)(CCc1ccccc1)C(F)(F)F. The van der Waals surface area contributed by atoms with Gasteiger partial charge in [-0.05, 0) is 111 Å². The highest BCUT2D eigenvalue weighted by Crippen LogP contribution is 2.69. The summed E-state index contributed by atoms with van der Waals surface area (Å²) < 4.78 is 43.7. The van der Waals surface area contributed by atoms with Gasteiger partial charge in [0.1, 0.15) is 0 Å². The third kappa shape index (κ3) is 3.75. The molecule has 0 aromatic heterocycles. The van der Waals surface area contributed by atoms with Crippen LogP contribution in [0.25, 0.3) is 0 Å². The van der Waals surface area contributed by atoms with E-state index in [1.54, 1.807) is 0 Å². The topological polar surface area (TPSA) is 40.5 Å². The maximum atomic E-state index is 14.6. The van der Waals surface area contributed by atoms with E-state index in [9.17, 15) is 23.4 Å². The molecule has 2 N–H and O–H groups in total. The highest BCUT2D eigenvalue weighted by molar-refractivity contribution is 5.17. The van der Waals surface area contributed by atoms with Crippen LogP contribution in [0.5, 0.6) is 0 Å². The van der Waals surface area contributed by atoms with Gasteiger partial charge in [-0.3, -0.25) is 0 Å². The number of fused-ring (bicyclic) bond motifs is 5. The van der Waals surface area contributed by atoms with Gasteiger partial charge in [-0.2, -0.15) is 13.2 Å². The van der Waals surface area contributed by atoms with Crippen LogP contribution in [0.3, 0.4) is 0 Å². The molecule has 4 aliphatic rings. The Morgan fingerprint density at radius 1 is 0.882 bits per heavy atom. The first-order valence-corrected chi connectivity index (χ1v) is 13.5. The molecule has 2 nitrogen and oxygen atoms in total. The average Bonchev–Trinajstić information content (AvgIpc) is 3.15. The van der Waals surface area contributed by atoms with Crippen molar-refractivity contribution in [3.63, 3.8) is 0 Å². The second-order valence-corrected chi connectivity index (χ2v) is 12.7. The van der Waals surface area contributed by atoms with Crippen molar-refractivity contribution in [2.24, 2.45) is 40.4 Å². The quantitative estimate of drug-likeness (QED) is 0.492. The van der Waals surface area contributed by atoms with Crippen molar-refractivity contribution in [2.45, 2.75) is 102 Å². The molecule has 0 bridgehead atoms. The second kappa shape index (κ2) is 8.50. The molecule has 0 amide bonds. The Morgan fingerprint density at radius 2 is 1.56 bits per heavy atom. The Bertz CT molecular complexity index is 872. The Kier molecular flexibility index (Phi) is 6.16. The summed E-state index contributed by atoms with van der Waals surface area (Å²) in [7, 11) is 0. The summed E-state index contributed by atoms with van der Waals surface area (Å²) in [6, 6.07) is 9.25. The summed E-state index contributed by atoms with van der Waals surface area (Å²) in [4.78, 5) is 0. The fraction of sp³-hybridized carbons (Fsp3) is 0.793. The third-order valence-electron chi connectivity index (χ3n) is 11.3. The Morgan fingerprint density at radius 3 is 2.26 bits per heavy atom. The lowest BCUT2D eigenvalue weighted by Crippen LogP contribution is -2.59. The molecule has 0 aliphatic heterocycles. The Labute approximate surface area is 202 Å². The highest BCUT2D eigenvalue weighted by Gasteiger charge is 2.68. The second-order valence-electron chi connectivity index (χ2n) is 12.7. The lowest BCUT2D eigenvalue weighted by molar-refractivity contribution is -0.296. The molecule has 34 heavy (non-hydrogen) atoms. The molecule has 0 spiro atoms. The molecule has 5 heteroatoms. The molecule has 1 unspecified atom stereocenters. The molecule has 1 aromatic rings. The van der Waals surface area contributed by atoms with Crippen molar-refractivity contribution in [1.82, 2.24) is 0 Å². The summed E-state index contributed by atoms with van der Waals surface area (Å²) in [6.45, 7) is 4.48. The van der Waals surface area contributed by atoms with Gasteiger partial charge in [-0.25, -0.2) is 0 Å². The number of hydrogen-bond acceptors (Lipinski definition) is 2. The smallest absolute Gasteiger partial charge is 0.393 e. The van der Waals surface area contributed by atoms with Crippen LogP contribution in [0.1, 0.15) is 83.6 Å². The molecule has 1 aromatic carbocycles. The minimum Gasteiger partial charge on any atom is -0.393 e. The molecule has 0 radical (unpaired) electrons. The molecule has 4 aliphatic carbocycles. The number of alkyl halides is 3. The van der Waals surface area contributed by atoms with E-state index in [1.165, 1.54) is 0 Å². The lowest BCUT2D eigenvalue weighted by atomic mass is 9.44. The zero-order valence-corrected chi connectivity index (χ0v) is 20.7. The fourth-order valence-corrected chi connectivity index (χ4v) is 9.51. The molecule has 4 fully saturated rings. The van der Waals surface area contributed by atoms with Crippen LogP contribution in [-0.2, 0) is 6.42 Å². The van der Waals surface area contributed by atoms with Gasteiger partial charge in [0.15, 0.2) is 5.60 Å². The largest absolute Gasteiger partial charge is 0.417 e. The first kappa shape index (κ1) is 24.6. The first-order valence-electron chi connectivity index (χ1n) is 13.5. The van der Waals surface area contributed by atoms with E-state index in [2.05, 4.69) is 13.8 Å². The molecule has 4 saturated carbocycles. The molecule has 9 atom stereocenters. The molecule has 0 saturated heterocycles. The number of aliphatic hydroxyl groups excluding tert-OH is 1. The van der Waals surface area contributed by atoms with Crippen molar-refractivity contribution < 1.29 is 23.4 Å². The van der Waals surface area contributed by atoms with Gasteiger partial charge in [0.25, 0.3) is 0 Å². The predicted molar refractivity (Wildman–Crippen MR) is 127 cm³/mol. The van der Waals surface area contributed by atoms with Gasteiger partial charge in [-0.1, -0.05) is 44.2 Å². The normalized spacial score (nSPS) is 44.0. The van der Waals surface area contributed by atoms with Gasteiger partial charge in [-0.15, -0.1) is 0 Å². The van der Waals surface area contributed by atoms with Crippen LogP contribution in [0, 0.1) is 40.4 Å². The van der Waals surface area contributed by atoms with Crippen LogP contribution in [-0.4, -0.2) is 28.1 Å². The van der Waals surface area contributed by atoms with Crippen molar-refractivity contribution >= 4 is 0 Å². The van der Waals surface area contributed by atoms with E-state index in [4.69, 9.17) is 0 Å². The summed E-state index contributed by atoms with van der Waals surface area (Å²) in [5.41, 5.74) is -2.07. The van der Waals surface area contributed by atoms with Crippen LogP contribution < -0.4 is 0 Å². The molecular weight excluding hydrogens is 437 g/mol. The number of benzene rings is 1. The van der Waals surface area contributed by atoms with E-state index in [1.807, 2.05) is 30.3 Å². The molecule has 0 heterocycles. The number of rotatable bonds is 4. The minimum atomic E-state index is -4.63. The van der Waals surface area contributed by atoms with E-state index in [-0.39, 0.29) is 30.3 Å². The van der Waals surface area contributed by atoms with Crippen LogP contribution >= 0.6 is 0 Å². The maximum absolute atomic E-state index is 14.6. The summed E-state index contributed by atoms with van der Waals surface area (Å²) in [5, 5.41) is 21.7. The van der Waals surface area contributed by atoms with Gasteiger partial charge < -0.3 is 10.2 Å². The monoisotopic (exact) mass is 478 g/mol. The Balaban J connectivity index is 1.40. The molecular formula is C29H41F3O2. The van der Waals surface area contributed by atoms with Crippen LogP contribution in [0.2, 0.25) is 0 Å². The molecule has 5 rings (SSSR count). The average molecular weight is 479 g/mol. The lowest BCUT2D eigenvalue weighted by Gasteiger charge is -2.61. The number of aliphatic hydroxyl groups is 2. The fourth-order valence-electron chi connectivity index (χ4n) is 9.51. The highest BCUT2D eigenvalue weighted by atomic mass is 19.4. The van der Waals surface area contributed by atoms with E-state index in [0.717, 1.165) is 56.9 Å². The zero-order chi connectivity index (χ0) is 24.4. The zero-order valence-electron chi connectivity index (χ0n) is 20.7. The number of hydrogen-bond donors (Lipinski definition) is 2. The van der Waals surface area contributed by atoms with Gasteiger partial charge in [0.2, 0.25) is 0 Å². The standard InChI is InChI=1S/C29H41F3O2/c1-26-15-13-21(33)18-20(26)8-9-22-23-10-11-25(27(23,2)16-14-24(22)26)28(34,29(30,31)32)17-12-19-6-4-3-5-7-19/h3-7,20-25,33-34H,8-18H2,1-2H3/t20?,21-,22-,23-,24-,25-,26-,27-,28+/m0/s1. The van der Waals surface area contributed by atoms with E-state index >= 15 is 0 Å². The Hall–Kier alpha value is -1.07. The number of halogens is 3. The predicted octanol–water partition coefficient (Wildman–Crippen LogP) is 6.93. The van der Waals surface area contributed by atoms with Crippen LogP contribution in [0.4, 0.5) is 13.2 Å². The summed E-state index contributed by atoms with van der Waals surface area (Å²) >= 11 is 0. The van der Waals surface area contributed by atoms with Crippen LogP contribution in [0.15, 0.2) is 30.3 Å². The summed E-state index contributed by atoms with van der Waals surface area (Å²) in [5.74, 6) is 1.04. The van der Waals surface area contributed by atoms with Crippen molar-refractivity contribution in [2.75, 3.05) is 0 Å². The summed E-state index contributed by atoms with van der Waals surface area (Å²) in [6.07, 6.45) is 3.09. The van der Waals surface area contributed by atoms with Crippen molar-refractivity contribution in [1.29, 1.82) is 0 Å². The maximum Gasteiger partial charge on any atom is 0.417 e. The van der Waals surface area contributed by atoms with Gasteiger partial charge in [0.05, 0.1) is 6.10 Å². The van der Waals surface area contributed by atoms with E-state index in [0.29, 0.717) is 24.2 Å². The first-order chi connectivity index (χ1) is 16.0. The van der Waals surface area contributed by atoms with Gasteiger partial charge >= 0.3 is 6.18 Å². The molecule has 190 valence electrons. The van der Waals surface area contributed by atoms with Gasteiger partial charge in [0, 0.05) is 5.92 Å². The number of aryl methyl sites for hydroxylation is 1. The minimum absolute atomic E-state index is 0.189. The van der Waals surface area contributed by atoms with Crippen molar-refractivity contribution in [3.8, 4) is 0 Å². The van der Waals surface area contributed by atoms with Crippen molar-refractivity contribution in [3.05, 3.63) is 35.9 Å². The third-order valence-corrected chi connectivity index (χ3v) is 11.3. The van der Waals surface area contributed by atoms with E-state index < -0.39 is 23.1 Å².